The van der Waals surface area contributed by atoms with Gasteiger partial charge in [0.2, 0.25) is 0 Å². The number of carboxylic acid groups (broad SMARTS) is 1. The molecule has 90 valence electrons. The Kier molecular flexibility index (Phi) is 10.8. The first-order valence-corrected chi connectivity index (χ1v) is 4.49. The third kappa shape index (κ3) is 7.53. The molecular weight excluding hydrogens is 229 g/mol. The molecule has 0 saturated heterocycles. The SMILES string of the molecule is C[C@H](O)[C@H](O)[C@@H](O)[C@@H](O)CNCC(=O)[O-].[Na+]. The molecule has 0 fully saturated rings. The van der Waals surface area contributed by atoms with Crippen molar-refractivity contribution >= 4 is 5.97 Å². The summed E-state index contributed by atoms with van der Waals surface area (Å²) in [5.74, 6) is -1.34. The molecule has 5 N–H and O–H groups in total. The summed E-state index contributed by atoms with van der Waals surface area (Å²) in [4.78, 5) is 9.99. The molecule has 0 spiro atoms. The Bertz CT molecular complexity index is 203. The average Bonchev–Trinajstić information content (AvgIpc) is 2.14. The van der Waals surface area contributed by atoms with Crippen LogP contribution in [0.3, 0.4) is 0 Å². The van der Waals surface area contributed by atoms with Gasteiger partial charge in [-0.05, 0) is 6.92 Å². The van der Waals surface area contributed by atoms with Crippen molar-refractivity contribution in [3.8, 4) is 0 Å². The van der Waals surface area contributed by atoms with E-state index in [0.717, 1.165) is 0 Å². The molecule has 0 aliphatic carbocycles. The van der Waals surface area contributed by atoms with E-state index in [1.807, 2.05) is 0 Å². The summed E-state index contributed by atoms with van der Waals surface area (Å²) in [6.07, 6.45) is -5.58. The van der Waals surface area contributed by atoms with Gasteiger partial charge in [0, 0.05) is 13.1 Å². The van der Waals surface area contributed by atoms with Gasteiger partial charge in [-0.2, -0.15) is 0 Å². The van der Waals surface area contributed by atoms with Crippen molar-refractivity contribution in [3.05, 3.63) is 0 Å². The van der Waals surface area contributed by atoms with Crippen LogP contribution in [0.4, 0.5) is 0 Å². The Balaban J connectivity index is 0. The molecule has 4 atom stereocenters. The van der Waals surface area contributed by atoms with E-state index in [1.54, 1.807) is 0 Å². The van der Waals surface area contributed by atoms with Gasteiger partial charge in [0.25, 0.3) is 0 Å². The van der Waals surface area contributed by atoms with Gasteiger partial charge in [0.1, 0.15) is 12.2 Å². The smallest absolute Gasteiger partial charge is 0.549 e. The van der Waals surface area contributed by atoms with Gasteiger partial charge in [-0.15, -0.1) is 0 Å². The van der Waals surface area contributed by atoms with Crippen LogP contribution in [-0.2, 0) is 4.79 Å². The number of carboxylic acids is 1. The van der Waals surface area contributed by atoms with Crippen molar-refractivity contribution < 1.29 is 59.9 Å². The van der Waals surface area contributed by atoms with Gasteiger partial charge < -0.3 is 35.6 Å². The van der Waals surface area contributed by atoms with Crippen LogP contribution in [-0.4, -0.2) is 63.9 Å². The zero-order chi connectivity index (χ0) is 12.0. The number of aliphatic hydroxyl groups is 4. The van der Waals surface area contributed by atoms with E-state index in [9.17, 15) is 20.1 Å². The third-order valence-electron chi connectivity index (χ3n) is 1.86. The second kappa shape index (κ2) is 9.32. The fourth-order valence-electron chi connectivity index (χ4n) is 0.956. The van der Waals surface area contributed by atoms with Gasteiger partial charge in [-0.25, -0.2) is 0 Å². The van der Waals surface area contributed by atoms with Crippen LogP contribution in [0.5, 0.6) is 0 Å². The summed E-state index contributed by atoms with van der Waals surface area (Å²) >= 11 is 0. The maximum atomic E-state index is 9.99. The van der Waals surface area contributed by atoms with Crippen molar-refractivity contribution in [2.75, 3.05) is 13.1 Å². The van der Waals surface area contributed by atoms with Crippen molar-refractivity contribution in [2.24, 2.45) is 0 Å². The van der Waals surface area contributed by atoms with Crippen LogP contribution in [0.25, 0.3) is 0 Å². The van der Waals surface area contributed by atoms with Crippen LogP contribution in [0, 0.1) is 0 Å². The average molecular weight is 245 g/mol. The molecule has 16 heavy (non-hydrogen) atoms. The summed E-state index contributed by atoms with van der Waals surface area (Å²) < 4.78 is 0. The van der Waals surface area contributed by atoms with E-state index in [2.05, 4.69) is 5.32 Å². The number of hydrogen-bond acceptors (Lipinski definition) is 7. The number of hydrogen-bond donors (Lipinski definition) is 5. The molecule has 0 amide bonds. The topological polar surface area (TPSA) is 133 Å². The first-order chi connectivity index (χ1) is 6.86. The standard InChI is InChI=1S/C8H17NO6.Na/c1-4(10)7(14)8(15)5(11)2-9-3-6(12)13;/h4-5,7-11,14-15H,2-3H2,1H3,(H,12,13);/q;+1/p-1/t4-,5-,7-,8-;/m0./s1. The van der Waals surface area contributed by atoms with Crippen LogP contribution in [0.1, 0.15) is 6.92 Å². The van der Waals surface area contributed by atoms with Crippen molar-refractivity contribution in [3.63, 3.8) is 0 Å². The third-order valence-corrected chi connectivity index (χ3v) is 1.86. The summed E-state index contributed by atoms with van der Waals surface area (Å²) in [6.45, 7) is 0.572. The number of aliphatic hydroxyl groups excluding tert-OH is 4. The van der Waals surface area contributed by atoms with Crippen LogP contribution in [0.15, 0.2) is 0 Å². The molecule has 0 aromatic rings. The largest absolute Gasteiger partial charge is 1.00 e. The Morgan fingerprint density at radius 2 is 1.75 bits per heavy atom. The number of rotatable bonds is 7. The molecule has 0 aromatic heterocycles. The molecule has 0 aromatic carbocycles. The minimum absolute atomic E-state index is 0. The van der Waals surface area contributed by atoms with E-state index >= 15 is 0 Å². The van der Waals surface area contributed by atoms with Crippen LogP contribution >= 0.6 is 0 Å². The van der Waals surface area contributed by atoms with E-state index in [0.29, 0.717) is 0 Å². The number of carbonyl (C=O) groups is 1. The molecule has 0 unspecified atom stereocenters. The van der Waals surface area contributed by atoms with Gasteiger partial charge in [0.05, 0.1) is 18.2 Å². The van der Waals surface area contributed by atoms with Gasteiger partial charge >= 0.3 is 29.6 Å². The molecule has 0 radical (unpaired) electrons. The monoisotopic (exact) mass is 245 g/mol. The van der Waals surface area contributed by atoms with E-state index in [-0.39, 0.29) is 36.1 Å². The Morgan fingerprint density at radius 3 is 2.12 bits per heavy atom. The minimum atomic E-state index is -1.54. The minimum Gasteiger partial charge on any atom is -0.549 e. The second-order valence-electron chi connectivity index (χ2n) is 3.29. The molecule has 0 aliphatic heterocycles. The van der Waals surface area contributed by atoms with Crippen LogP contribution in [0.2, 0.25) is 0 Å². The van der Waals surface area contributed by atoms with Crippen molar-refractivity contribution in [1.29, 1.82) is 0 Å². The number of nitrogens with one attached hydrogen (secondary N) is 1. The fourth-order valence-corrected chi connectivity index (χ4v) is 0.956. The number of carbonyl (C=O) groups excluding carboxylic acids is 1. The molecule has 0 bridgehead atoms. The van der Waals surface area contributed by atoms with E-state index in [4.69, 9.17) is 10.2 Å². The molecule has 0 heterocycles. The number of aliphatic carboxylic acids is 1. The summed E-state index contributed by atoms with van der Waals surface area (Å²) in [7, 11) is 0. The van der Waals surface area contributed by atoms with E-state index in [1.165, 1.54) is 6.92 Å². The summed E-state index contributed by atoms with van der Waals surface area (Å²) in [5.41, 5.74) is 0. The Labute approximate surface area is 115 Å². The fraction of sp³-hybridized carbons (Fsp3) is 0.875. The van der Waals surface area contributed by atoms with Crippen LogP contribution < -0.4 is 40.0 Å². The molecule has 0 saturated carbocycles. The zero-order valence-electron chi connectivity index (χ0n) is 9.33. The second-order valence-corrected chi connectivity index (χ2v) is 3.29. The normalized spacial score (nSPS) is 18.1. The predicted molar refractivity (Wildman–Crippen MR) is 47.6 cm³/mol. The van der Waals surface area contributed by atoms with Gasteiger partial charge in [-0.3, -0.25) is 0 Å². The first-order valence-electron chi connectivity index (χ1n) is 4.49. The predicted octanol–water partition coefficient (Wildman–Crippen LogP) is -7.21. The molecule has 0 aliphatic rings. The maximum Gasteiger partial charge on any atom is 1.00 e. The first kappa shape index (κ1) is 18.6. The van der Waals surface area contributed by atoms with E-state index < -0.39 is 36.9 Å². The van der Waals surface area contributed by atoms with Crippen molar-refractivity contribution in [1.82, 2.24) is 5.32 Å². The maximum absolute atomic E-state index is 9.99. The quantitative estimate of drug-likeness (QED) is 0.281. The Morgan fingerprint density at radius 1 is 1.25 bits per heavy atom. The molecule has 7 nitrogen and oxygen atoms in total. The molecular formula is C8H16NNaO6. The zero-order valence-corrected chi connectivity index (χ0v) is 11.3. The summed E-state index contributed by atoms with van der Waals surface area (Å²) in [6, 6.07) is 0. The van der Waals surface area contributed by atoms with Gasteiger partial charge in [-0.1, -0.05) is 0 Å². The van der Waals surface area contributed by atoms with Crippen molar-refractivity contribution in [2.45, 2.75) is 31.3 Å². The summed E-state index contributed by atoms with van der Waals surface area (Å²) in [5, 5.41) is 48.9. The van der Waals surface area contributed by atoms with Gasteiger partial charge in [0.15, 0.2) is 0 Å². The molecule has 0 rings (SSSR count). The molecule has 8 heteroatoms. The Hall–Kier alpha value is 0.270.